The fourth-order valence-electron chi connectivity index (χ4n) is 2.77. The Kier molecular flexibility index (Phi) is 6.67. The Balaban J connectivity index is 1.77. The van der Waals surface area contributed by atoms with Crippen molar-refractivity contribution in [2.45, 2.75) is 13.0 Å². The number of amides is 1. The average Bonchev–Trinajstić information content (AvgIpc) is 2.71. The molecule has 1 fully saturated rings. The van der Waals surface area contributed by atoms with Crippen LogP contribution in [0.5, 0.6) is 5.75 Å². The van der Waals surface area contributed by atoms with Crippen molar-refractivity contribution in [1.82, 2.24) is 14.9 Å². The number of hydrogen-bond acceptors (Lipinski definition) is 7. The number of nitrogens with one attached hydrogen (secondary N) is 2. The maximum atomic E-state index is 11.0. The third-order valence-corrected chi connectivity index (χ3v) is 4.23. The Bertz CT molecular complexity index is 759. The Morgan fingerprint density at radius 3 is 2.93 bits per heavy atom. The molecule has 27 heavy (non-hydrogen) atoms. The molecule has 0 saturated carbocycles. The first-order chi connectivity index (χ1) is 13.2. The highest BCUT2D eigenvalue weighted by atomic mass is 35.5. The van der Waals surface area contributed by atoms with E-state index in [1.807, 2.05) is 25.1 Å². The van der Waals surface area contributed by atoms with Crippen molar-refractivity contribution in [2.24, 2.45) is 0 Å². The molecule has 1 aromatic carbocycles. The molecular formula is C18H22ClN5O3. The van der Waals surface area contributed by atoms with Crippen LogP contribution in [-0.2, 0) is 9.53 Å². The summed E-state index contributed by atoms with van der Waals surface area (Å²) in [5.74, 6) is 1.12. The quantitative estimate of drug-likeness (QED) is 0.406. The minimum atomic E-state index is -0.172. The third kappa shape index (κ3) is 4.99. The summed E-state index contributed by atoms with van der Waals surface area (Å²) >= 11 is 5.63. The summed E-state index contributed by atoms with van der Waals surface area (Å²) < 4.78 is 11.6. The molecule has 1 atom stereocenters. The summed E-state index contributed by atoms with van der Waals surface area (Å²) in [4.78, 5) is 21.3. The molecule has 1 aromatic heterocycles. The van der Waals surface area contributed by atoms with E-state index in [0.717, 1.165) is 23.3 Å². The molecule has 0 spiro atoms. The zero-order chi connectivity index (χ0) is 19.1. The first-order valence-electron chi connectivity index (χ1n) is 8.70. The second-order valence-corrected chi connectivity index (χ2v) is 6.15. The number of aromatic nitrogens is 2. The summed E-state index contributed by atoms with van der Waals surface area (Å²) in [5, 5.41) is 6.09. The molecule has 1 aliphatic rings. The van der Waals surface area contributed by atoms with Crippen molar-refractivity contribution < 1.29 is 14.3 Å². The molecule has 2 N–H and O–H groups in total. The number of anilines is 3. The van der Waals surface area contributed by atoms with E-state index in [9.17, 15) is 4.79 Å². The van der Waals surface area contributed by atoms with Crippen molar-refractivity contribution in [3.63, 3.8) is 0 Å². The summed E-state index contributed by atoms with van der Waals surface area (Å²) in [5.41, 5.74) is 2.45. The van der Waals surface area contributed by atoms with Crippen LogP contribution in [0.3, 0.4) is 0 Å². The van der Waals surface area contributed by atoms with Gasteiger partial charge in [-0.1, -0.05) is 6.07 Å². The maximum absolute atomic E-state index is 11.0. The van der Waals surface area contributed by atoms with Gasteiger partial charge in [-0.25, -0.2) is 9.97 Å². The van der Waals surface area contributed by atoms with E-state index in [-0.39, 0.29) is 12.1 Å². The van der Waals surface area contributed by atoms with E-state index in [2.05, 4.69) is 20.6 Å². The van der Waals surface area contributed by atoms with E-state index < -0.39 is 0 Å². The molecule has 2 heterocycles. The fourth-order valence-corrected chi connectivity index (χ4v) is 2.92. The van der Waals surface area contributed by atoms with Gasteiger partial charge in [-0.15, -0.1) is 11.6 Å². The molecule has 0 radical (unpaired) electrons. The van der Waals surface area contributed by atoms with Gasteiger partial charge in [0.05, 0.1) is 49.5 Å². The molecule has 9 heteroatoms. The number of ether oxygens (including phenoxy) is 2. The second kappa shape index (κ2) is 9.38. The van der Waals surface area contributed by atoms with Crippen molar-refractivity contribution >= 4 is 35.3 Å². The van der Waals surface area contributed by atoms with Crippen molar-refractivity contribution in [1.29, 1.82) is 0 Å². The van der Waals surface area contributed by atoms with Gasteiger partial charge in [-0.05, 0) is 24.6 Å². The van der Waals surface area contributed by atoms with Crippen LogP contribution < -0.4 is 15.4 Å². The van der Waals surface area contributed by atoms with Crippen molar-refractivity contribution in [3.05, 3.63) is 36.2 Å². The van der Waals surface area contributed by atoms with Gasteiger partial charge < -0.3 is 25.0 Å². The second-order valence-electron chi connectivity index (χ2n) is 5.88. The minimum absolute atomic E-state index is 0.172. The van der Waals surface area contributed by atoms with Gasteiger partial charge in [0.25, 0.3) is 0 Å². The molecule has 1 unspecified atom stereocenters. The molecule has 1 saturated heterocycles. The molecule has 8 nitrogen and oxygen atoms in total. The zero-order valence-corrected chi connectivity index (χ0v) is 15.8. The van der Waals surface area contributed by atoms with Gasteiger partial charge in [0.2, 0.25) is 12.4 Å². The number of carbonyl (C=O) groups excluding carboxylic acids is 1. The van der Waals surface area contributed by atoms with Gasteiger partial charge in [0.1, 0.15) is 11.9 Å². The monoisotopic (exact) mass is 391 g/mol. The fraction of sp³-hybridized carbons (Fsp3) is 0.389. The number of benzene rings is 1. The highest BCUT2D eigenvalue weighted by Gasteiger charge is 2.22. The third-order valence-electron chi connectivity index (χ3n) is 4.09. The largest absolute Gasteiger partial charge is 0.492 e. The number of nitrogens with zero attached hydrogens (tertiary/aromatic N) is 3. The number of hydrogen-bond donors (Lipinski definition) is 2. The van der Waals surface area contributed by atoms with E-state index in [1.165, 1.54) is 0 Å². The van der Waals surface area contributed by atoms with Gasteiger partial charge >= 0.3 is 0 Å². The molecule has 144 valence electrons. The normalized spacial score (nSPS) is 16.7. The van der Waals surface area contributed by atoms with Crippen molar-refractivity contribution in [3.8, 4) is 5.75 Å². The summed E-state index contributed by atoms with van der Waals surface area (Å²) in [6.45, 7) is 4.10. The van der Waals surface area contributed by atoms with Gasteiger partial charge in [0, 0.05) is 6.54 Å². The minimum Gasteiger partial charge on any atom is -0.492 e. The molecule has 0 aliphatic carbocycles. The molecule has 1 amide bonds. The smallest absolute Gasteiger partial charge is 0.227 e. The number of carbonyl (C=O) groups is 1. The van der Waals surface area contributed by atoms with Crippen LogP contribution >= 0.6 is 11.6 Å². The number of morpholine rings is 1. The SMILES string of the molecule is CCOc1cc(C2CN(C=O)CCO2)ccc1Nc1ncc(NCCl)cn1. The molecule has 2 aromatic rings. The molecule has 3 rings (SSSR count). The predicted octanol–water partition coefficient (Wildman–Crippen LogP) is 2.76. The standard InChI is InChI=1S/C18H22ClN5O3/c1-2-26-16-7-13(17-10-24(12-25)5-6-27-17)3-4-15(16)23-18-20-8-14(9-21-18)22-11-19/h3-4,7-9,12,17,22H,2,5-6,10-11H2,1H3,(H,20,21,23). The number of halogens is 1. The van der Waals surface area contributed by atoms with Gasteiger partial charge in [0.15, 0.2) is 0 Å². The predicted molar refractivity (Wildman–Crippen MR) is 104 cm³/mol. The van der Waals surface area contributed by atoms with Crippen LogP contribution in [0.4, 0.5) is 17.3 Å². The molecular weight excluding hydrogens is 370 g/mol. The van der Waals surface area contributed by atoms with Crippen LogP contribution in [0.25, 0.3) is 0 Å². The lowest BCUT2D eigenvalue weighted by molar-refractivity contribution is -0.125. The van der Waals surface area contributed by atoms with Gasteiger partial charge in [-0.3, -0.25) is 4.79 Å². The van der Waals surface area contributed by atoms with Crippen LogP contribution in [0.15, 0.2) is 30.6 Å². The lowest BCUT2D eigenvalue weighted by atomic mass is 10.1. The lowest BCUT2D eigenvalue weighted by Crippen LogP contribution is -2.37. The first kappa shape index (κ1) is 19.2. The Morgan fingerprint density at radius 1 is 1.41 bits per heavy atom. The van der Waals surface area contributed by atoms with Crippen molar-refractivity contribution in [2.75, 3.05) is 42.9 Å². The average molecular weight is 392 g/mol. The van der Waals surface area contributed by atoms with E-state index in [1.54, 1.807) is 17.3 Å². The van der Waals surface area contributed by atoms with E-state index >= 15 is 0 Å². The summed E-state index contributed by atoms with van der Waals surface area (Å²) in [6, 6.07) is 6.07. The van der Waals surface area contributed by atoms with Crippen LogP contribution in [-0.4, -0.2) is 53.6 Å². The molecule has 1 aliphatic heterocycles. The summed E-state index contributed by atoms with van der Waals surface area (Å²) in [7, 11) is 0. The van der Waals surface area contributed by atoms with E-state index in [0.29, 0.717) is 38.0 Å². The first-order valence-corrected chi connectivity index (χ1v) is 9.23. The Labute approximate surface area is 162 Å². The highest BCUT2D eigenvalue weighted by molar-refractivity contribution is 6.18. The van der Waals surface area contributed by atoms with Crippen LogP contribution in [0.2, 0.25) is 0 Å². The molecule has 0 bridgehead atoms. The number of rotatable bonds is 8. The lowest BCUT2D eigenvalue weighted by Gasteiger charge is -2.30. The zero-order valence-electron chi connectivity index (χ0n) is 15.0. The van der Waals surface area contributed by atoms with Crippen LogP contribution in [0.1, 0.15) is 18.6 Å². The Morgan fingerprint density at radius 2 is 2.22 bits per heavy atom. The number of alkyl halides is 1. The Hall–Kier alpha value is -2.58. The highest BCUT2D eigenvalue weighted by Crippen LogP contribution is 2.32. The topological polar surface area (TPSA) is 88.6 Å². The maximum Gasteiger partial charge on any atom is 0.227 e. The van der Waals surface area contributed by atoms with Crippen LogP contribution in [0, 0.1) is 0 Å². The summed E-state index contributed by atoms with van der Waals surface area (Å²) in [6.07, 6.45) is 3.98. The van der Waals surface area contributed by atoms with Gasteiger partial charge in [-0.2, -0.15) is 0 Å². The van der Waals surface area contributed by atoms with E-state index in [4.69, 9.17) is 21.1 Å².